The van der Waals surface area contributed by atoms with Crippen molar-refractivity contribution >= 4 is 29.2 Å². The first kappa shape index (κ1) is 20.2. The van der Waals surface area contributed by atoms with E-state index in [9.17, 15) is 24.1 Å². The summed E-state index contributed by atoms with van der Waals surface area (Å²) in [6.45, 7) is -0.468. The summed E-state index contributed by atoms with van der Waals surface area (Å²) in [7, 11) is 0. The monoisotopic (exact) mass is 414 g/mol. The van der Waals surface area contributed by atoms with E-state index in [2.05, 4.69) is 5.32 Å². The molecule has 1 amide bonds. The summed E-state index contributed by atoms with van der Waals surface area (Å²) < 4.78 is 18.5. The predicted molar refractivity (Wildman–Crippen MR) is 105 cm³/mol. The van der Waals surface area contributed by atoms with Gasteiger partial charge in [0, 0.05) is 16.5 Å². The standard InChI is InChI=1S/C20H15FN2O5S/c21-15-6-4-14(5-7-15)20(18-2-1-9-29-18)22-19(25)12-28-17-8-3-13(11-24)10-16(17)23(26)27/h1-11,20H,12H2,(H,22,25)/t20-/m0/s1. The van der Waals surface area contributed by atoms with Crippen LogP contribution in [0.25, 0.3) is 0 Å². The zero-order chi connectivity index (χ0) is 20.8. The molecule has 0 fully saturated rings. The van der Waals surface area contributed by atoms with Gasteiger partial charge in [-0.3, -0.25) is 19.7 Å². The van der Waals surface area contributed by atoms with Gasteiger partial charge in [-0.1, -0.05) is 18.2 Å². The minimum atomic E-state index is -0.687. The first-order chi connectivity index (χ1) is 14.0. The van der Waals surface area contributed by atoms with Crippen molar-refractivity contribution < 1.29 is 23.6 Å². The van der Waals surface area contributed by atoms with E-state index in [0.29, 0.717) is 11.8 Å². The number of carbonyl (C=O) groups is 2. The molecule has 2 aromatic carbocycles. The first-order valence-electron chi connectivity index (χ1n) is 8.42. The molecule has 148 valence electrons. The highest BCUT2D eigenvalue weighted by Gasteiger charge is 2.20. The van der Waals surface area contributed by atoms with E-state index in [0.717, 1.165) is 10.9 Å². The molecule has 0 radical (unpaired) electrons. The Morgan fingerprint density at radius 2 is 2.00 bits per heavy atom. The number of ether oxygens (including phenoxy) is 1. The van der Waals surface area contributed by atoms with Crippen LogP contribution in [0.3, 0.4) is 0 Å². The summed E-state index contributed by atoms with van der Waals surface area (Å²) in [5.41, 5.74) is 0.404. The highest BCUT2D eigenvalue weighted by molar-refractivity contribution is 7.10. The van der Waals surface area contributed by atoms with E-state index >= 15 is 0 Å². The van der Waals surface area contributed by atoms with Gasteiger partial charge in [0.1, 0.15) is 12.1 Å². The lowest BCUT2D eigenvalue weighted by Gasteiger charge is -2.18. The summed E-state index contributed by atoms with van der Waals surface area (Å²) in [4.78, 5) is 34.5. The lowest BCUT2D eigenvalue weighted by atomic mass is 10.1. The average molecular weight is 414 g/mol. The molecule has 0 aliphatic heterocycles. The maximum Gasteiger partial charge on any atom is 0.311 e. The third-order valence-electron chi connectivity index (χ3n) is 4.01. The summed E-state index contributed by atoms with van der Waals surface area (Å²) in [6, 6.07) is 12.6. The fraction of sp³-hybridized carbons (Fsp3) is 0.100. The second kappa shape index (κ2) is 9.07. The van der Waals surface area contributed by atoms with Crippen LogP contribution in [-0.4, -0.2) is 23.7 Å². The molecule has 1 heterocycles. The van der Waals surface area contributed by atoms with Crippen molar-refractivity contribution in [2.24, 2.45) is 0 Å². The first-order valence-corrected chi connectivity index (χ1v) is 9.30. The number of hydrogen-bond donors (Lipinski definition) is 1. The Morgan fingerprint density at radius 3 is 2.62 bits per heavy atom. The van der Waals surface area contributed by atoms with Crippen LogP contribution >= 0.6 is 11.3 Å². The zero-order valence-corrected chi connectivity index (χ0v) is 15.7. The van der Waals surface area contributed by atoms with Gasteiger partial charge in [-0.05, 0) is 41.3 Å². The fourth-order valence-electron chi connectivity index (χ4n) is 2.65. The topological polar surface area (TPSA) is 98.5 Å². The second-order valence-corrected chi connectivity index (χ2v) is 6.94. The van der Waals surface area contributed by atoms with Gasteiger partial charge in [0.15, 0.2) is 12.4 Å². The minimum Gasteiger partial charge on any atom is -0.477 e. The molecule has 7 nitrogen and oxygen atoms in total. The molecular weight excluding hydrogens is 399 g/mol. The lowest BCUT2D eigenvalue weighted by molar-refractivity contribution is -0.385. The molecule has 0 unspecified atom stereocenters. The maximum absolute atomic E-state index is 13.2. The Kier molecular flexibility index (Phi) is 6.30. The van der Waals surface area contributed by atoms with E-state index < -0.39 is 29.2 Å². The molecule has 29 heavy (non-hydrogen) atoms. The predicted octanol–water partition coefficient (Wildman–Crippen LogP) is 3.89. The highest BCUT2D eigenvalue weighted by Crippen LogP contribution is 2.28. The van der Waals surface area contributed by atoms with Crippen molar-refractivity contribution in [3.05, 3.63) is 91.9 Å². The molecule has 1 N–H and O–H groups in total. The van der Waals surface area contributed by atoms with Gasteiger partial charge in [0.25, 0.3) is 5.91 Å². The van der Waals surface area contributed by atoms with Gasteiger partial charge in [-0.15, -0.1) is 11.3 Å². The van der Waals surface area contributed by atoms with Crippen molar-refractivity contribution in [3.63, 3.8) is 0 Å². The SMILES string of the molecule is O=Cc1ccc(OCC(=O)N[C@@H](c2ccc(F)cc2)c2cccs2)c([N+](=O)[O-])c1. The smallest absolute Gasteiger partial charge is 0.311 e. The number of nitrogens with one attached hydrogen (secondary N) is 1. The van der Waals surface area contributed by atoms with Crippen LogP contribution in [0, 0.1) is 15.9 Å². The zero-order valence-electron chi connectivity index (χ0n) is 14.9. The van der Waals surface area contributed by atoms with Crippen molar-refractivity contribution in [1.82, 2.24) is 5.32 Å². The molecule has 0 aliphatic carbocycles. The summed E-state index contributed by atoms with van der Waals surface area (Å²) in [5, 5.41) is 15.8. The van der Waals surface area contributed by atoms with Crippen LogP contribution < -0.4 is 10.1 Å². The molecule has 0 bridgehead atoms. The van der Waals surface area contributed by atoms with E-state index in [1.165, 1.54) is 35.6 Å². The molecule has 1 atom stereocenters. The summed E-state index contributed by atoms with van der Waals surface area (Å²) in [6.07, 6.45) is 0.484. The Hall–Kier alpha value is -3.59. The Labute approximate surface area is 168 Å². The maximum atomic E-state index is 13.2. The number of carbonyl (C=O) groups excluding carboxylic acids is 2. The molecule has 0 spiro atoms. The Balaban J connectivity index is 1.74. The molecule has 0 aliphatic rings. The molecule has 3 rings (SSSR count). The third-order valence-corrected chi connectivity index (χ3v) is 4.95. The van der Waals surface area contributed by atoms with E-state index in [4.69, 9.17) is 4.74 Å². The highest BCUT2D eigenvalue weighted by atomic mass is 32.1. The summed E-state index contributed by atoms with van der Waals surface area (Å²) in [5.74, 6) is -1.02. The van der Waals surface area contributed by atoms with Crippen LogP contribution in [0.4, 0.5) is 10.1 Å². The average Bonchev–Trinajstić information content (AvgIpc) is 3.25. The molecular formula is C20H15FN2O5S. The number of hydrogen-bond acceptors (Lipinski definition) is 6. The Bertz CT molecular complexity index is 1020. The number of amides is 1. The van der Waals surface area contributed by atoms with Crippen LogP contribution in [0.1, 0.15) is 26.8 Å². The minimum absolute atomic E-state index is 0.120. The van der Waals surface area contributed by atoms with E-state index in [1.807, 2.05) is 17.5 Å². The third kappa shape index (κ3) is 5.02. The molecule has 0 saturated heterocycles. The van der Waals surface area contributed by atoms with Crippen molar-refractivity contribution in [1.29, 1.82) is 0 Å². The van der Waals surface area contributed by atoms with Crippen LogP contribution in [0.2, 0.25) is 0 Å². The van der Waals surface area contributed by atoms with Crippen molar-refractivity contribution in [2.45, 2.75) is 6.04 Å². The molecule has 3 aromatic rings. The molecule has 9 heteroatoms. The van der Waals surface area contributed by atoms with Crippen LogP contribution in [0.5, 0.6) is 5.75 Å². The van der Waals surface area contributed by atoms with E-state index in [1.54, 1.807) is 12.1 Å². The number of rotatable bonds is 8. The van der Waals surface area contributed by atoms with Crippen LogP contribution in [-0.2, 0) is 4.79 Å². The largest absolute Gasteiger partial charge is 0.477 e. The van der Waals surface area contributed by atoms with Gasteiger partial charge in [-0.2, -0.15) is 0 Å². The number of nitro benzene ring substituents is 1. The van der Waals surface area contributed by atoms with Gasteiger partial charge >= 0.3 is 5.69 Å². The van der Waals surface area contributed by atoms with Crippen molar-refractivity contribution in [3.8, 4) is 5.75 Å². The second-order valence-electron chi connectivity index (χ2n) is 5.96. The summed E-state index contributed by atoms with van der Waals surface area (Å²) >= 11 is 1.43. The number of nitro groups is 1. The lowest BCUT2D eigenvalue weighted by Crippen LogP contribution is -2.33. The number of benzene rings is 2. The number of nitrogens with zero attached hydrogens (tertiary/aromatic N) is 1. The Morgan fingerprint density at radius 1 is 1.24 bits per heavy atom. The normalized spacial score (nSPS) is 11.5. The van der Waals surface area contributed by atoms with Gasteiger partial charge in [-0.25, -0.2) is 4.39 Å². The van der Waals surface area contributed by atoms with Crippen molar-refractivity contribution in [2.75, 3.05) is 6.61 Å². The van der Waals surface area contributed by atoms with Gasteiger partial charge < -0.3 is 10.1 Å². The number of halogens is 1. The van der Waals surface area contributed by atoms with Crippen LogP contribution in [0.15, 0.2) is 60.0 Å². The van der Waals surface area contributed by atoms with E-state index in [-0.39, 0.29) is 17.1 Å². The van der Waals surface area contributed by atoms with Gasteiger partial charge in [0.05, 0.1) is 11.0 Å². The quantitative estimate of drug-likeness (QED) is 0.343. The van der Waals surface area contributed by atoms with Gasteiger partial charge in [0.2, 0.25) is 0 Å². The number of aldehydes is 1. The molecule has 0 saturated carbocycles. The number of thiophene rings is 1. The fourth-order valence-corrected chi connectivity index (χ4v) is 3.45. The molecule has 1 aromatic heterocycles.